The standard InChI is InChI=1S/C17H17ClN2O4/c1-2-23-16(21)14-5-3-4-6-15(14)20-17(22)19-11-24-13-9-7-12(18)8-10-13/h3-10H,2,11H2,1H3,(H2,19,20,22). The Kier molecular flexibility index (Phi) is 6.45. The third kappa shape index (κ3) is 5.17. The molecule has 0 heterocycles. The fourth-order valence-corrected chi connectivity index (χ4v) is 1.99. The summed E-state index contributed by atoms with van der Waals surface area (Å²) in [6.45, 7) is 1.94. The van der Waals surface area contributed by atoms with Crippen molar-refractivity contribution in [2.24, 2.45) is 0 Å². The molecule has 2 aromatic rings. The molecule has 24 heavy (non-hydrogen) atoms. The number of hydrogen-bond donors (Lipinski definition) is 2. The Balaban J connectivity index is 1.88. The number of rotatable bonds is 6. The summed E-state index contributed by atoms with van der Waals surface area (Å²) in [6.07, 6.45) is 0. The van der Waals surface area contributed by atoms with Gasteiger partial charge >= 0.3 is 12.0 Å². The number of hydrogen-bond acceptors (Lipinski definition) is 4. The van der Waals surface area contributed by atoms with Crippen LogP contribution in [0.15, 0.2) is 48.5 Å². The van der Waals surface area contributed by atoms with E-state index in [9.17, 15) is 9.59 Å². The Bertz CT molecular complexity index is 704. The van der Waals surface area contributed by atoms with Gasteiger partial charge in [-0.05, 0) is 43.3 Å². The highest BCUT2D eigenvalue weighted by Crippen LogP contribution is 2.17. The van der Waals surface area contributed by atoms with Crippen LogP contribution in [0.1, 0.15) is 17.3 Å². The molecule has 126 valence electrons. The number of esters is 1. The average molecular weight is 349 g/mol. The Hall–Kier alpha value is -2.73. The predicted molar refractivity (Wildman–Crippen MR) is 91.5 cm³/mol. The fourth-order valence-electron chi connectivity index (χ4n) is 1.86. The number of carbonyl (C=O) groups excluding carboxylic acids is 2. The SMILES string of the molecule is CCOC(=O)c1ccccc1NC(=O)NCOc1ccc(Cl)cc1. The van der Waals surface area contributed by atoms with E-state index >= 15 is 0 Å². The number of carbonyl (C=O) groups is 2. The highest BCUT2D eigenvalue weighted by molar-refractivity contribution is 6.30. The van der Waals surface area contributed by atoms with Crippen LogP contribution in [-0.4, -0.2) is 25.3 Å². The molecule has 2 aromatic carbocycles. The number of urea groups is 1. The van der Waals surface area contributed by atoms with Gasteiger partial charge in [-0.25, -0.2) is 9.59 Å². The Morgan fingerprint density at radius 2 is 1.79 bits per heavy atom. The minimum Gasteiger partial charge on any atom is -0.473 e. The van der Waals surface area contributed by atoms with Gasteiger partial charge in [-0.2, -0.15) is 0 Å². The second kappa shape index (κ2) is 8.79. The van der Waals surface area contributed by atoms with E-state index in [0.29, 0.717) is 16.5 Å². The van der Waals surface area contributed by atoms with Crippen LogP contribution >= 0.6 is 11.6 Å². The highest BCUT2D eigenvalue weighted by Gasteiger charge is 2.13. The second-order valence-corrected chi connectivity index (χ2v) is 5.08. The first-order valence-electron chi connectivity index (χ1n) is 7.29. The molecule has 6 nitrogen and oxygen atoms in total. The van der Waals surface area contributed by atoms with Crippen molar-refractivity contribution in [2.75, 3.05) is 18.7 Å². The third-order valence-corrected chi connectivity index (χ3v) is 3.21. The number of para-hydroxylation sites is 1. The van der Waals surface area contributed by atoms with Crippen molar-refractivity contribution in [3.8, 4) is 5.75 Å². The largest absolute Gasteiger partial charge is 0.473 e. The lowest BCUT2D eigenvalue weighted by Gasteiger charge is -2.12. The van der Waals surface area contributed by atoms with Crippen LogP contribution in [0, 0.1) is 0 Å². The molecule has 0 aliphatic rings. The van der Waals surface area contributed by atoms with Gasteiger partial charge in [-0.1, -0.05) is 23.7 Å². The van der Waals surface area contributed by atoms with Crippen LogP contribution < -0.4 is 15.4 Å². The molecule has 2 amide bonds. The van der Waals surface area contributed by atoms with E-state index in [1.807, 2.05) is 0 Å². The van der Waals surface area contributed by atoms with Crippen LogP contribution in [0.5, 0.6) is 5.75 Å². The van der Waals surface area contributed by atoms with Gasteiger partial charge in [0.2, 0.25) is 0 Å². The summed E-state index contributed by atoms with van der Waals surface area (Å²) in [5.41, 5.74) is 0.646. The molecule has 0 unspecified atom stereocenters. The monoisotopic (exact) mass is 348 g/mol. The third-order valence-electron chi connectivity index (χ3n) is 2.96. The number of anilines is 1. The van der Waals surface area contributed by atoms with Gasteiger partial charge < -0.3 is 20.1 Å². The smallest absolute Gasteiger partial charge is 0.340 e. The molecule has 0 aliphatic carbocycles. The maximum absolute atomic E-state index is 11.9. The average Bonchev–Trinajstić information content (AvgIpc) is 2.57. The van der Waals surface area contributed by atoms with Gasteiger partial charge in [0.05, 0.1) is 17.9 Å². The Morgan fingerprint density at radius 3 is 2.50 bits per heavy atom. The van der Waals surface area contributed by atoms with E-state index in [4.69, 9.17) is 21.1 Å². The zero-order chi connectivity index (χ0) is 17.4. The van der Waals surface area contributed by atoms with Crippen molar-refractivity contribution < 1.29 is 19.1 Å². The Morgan fingerprint density at radius 1 is 1.08 bits per heavy atom. The van der Waals surface area contributed by atoms with Gasteiger partial charge in [-0.15, -0.1) is 0 Å². The zero-order valence-electron chi connectivity index (χ0n) is 13.0. The van der Waals surface area contributed by atoms with Crippen molar-refractivity contribution in [1.82, 2.24) is 5.32 Å². The number of halogens is 1. The summed E-state index contributed by atoms with van der Waals surface area (Å²) >= 11 is 5.78. The minimum atomic E-state index is -0.499. The molecule has 0 spiro atoms. The van der Waals surface area contributed by atoms with E-state index in [1.165, 1.54) is 0 Å². The van der Waals surface area contributed by atoms with Crippen LogP contribution in [0.3, 0.4) is 0 Å². The van der Waals surface area contributed by atoms with Crippen molar-refractivity contribution >= 4 is 29.3 Å². The first-order chi connectivity index (χ1) is 11.6. The molecule has 0 radical (unpaired) electrons. The van der Waals surface area contributed by atoms with Gasteiger partial charge in [0.25, 0.3) is 0 Å². The maximum atomic E-state index is 11.9. The molecular weight excluding hydrogens is 332 g/mol. The lowest BCUT2D eigenvalue weighted by molar-refractivity contribution is 0.0527. The highest BCUT2D eigenvalue weighted by atomic mass is 35.5. The van der Waals surface area contributed by atoms with Crippen molar-refractivity contribution in [3.63, 3.8) is 0 Å². The molecule has 0 atom stereocenters. The van der Waals surface area contributed by atoms with Gasteiger partial charge in [-0.3, -0.25) is 0 Å². The number of ether oxygens (including phenoxy) is 2. The number of nitrogens with one attached hydrogen (secondary N) is 2. The number of benzene rings is 2. The molecule has 0 saturated carbocycles. The van der Waals surface area contributed by atoms with Gasteiger partial charge in [0.15, 0.2) is 6.73 Å². The molecule has 0 saturated heterocycles. The van der Waals surface area contributed by atoms with Gasteiger partial charge in [0, 0.05) is 5.02 Å². The topological polar surface area (TPSA) is 76.7 Å². The van der Waals surface area contributed by atoms with Crippen LogP contribution in [0.2, 0.25) is 5.02 Å². The quantitative estimate of drug-likeness (QED) is 0.616. The minimum absolute atomic E-state index is 0.0327. The van der Waals surface area contributed by atoms with E-state index in [0.717, 1.165) is 0 Å². The van der Waals surface area contributed by atoms with Crippen molar-refractivity contribution in [1.29, 1.82) is 0 Å². The van der Waals surface area contributed by atoms with E-state index in [-0.39, 0.29) is 18.9 Å². The summed E-state index contributed by atoms with van der Waals surface area (Å²) in [4.78, 5) is 23.8. The van der Waals surface area contributed by atoms with Crippen molar-refractivity contribution in [3.05, 3.63) is 59.1 Å². The van der Waals surface area contributed by atoms with E-state index in [1.54, 1.807) is 55.5 Å². The molecular formula is C17H17ClN2O4. The van der Waals surface area contributed by atoms with Gasteiger partial charge in [0.1, 0.15) is 5.75 Å². The lowest BCUT2D eigenvalue weighted by atomic mass is 10.2. The lowest BCUT2D eigenvalue weighted by Crippen LogP contribution is -2.32. The molecule has 0 aromatic heterocycles. The zero-order valence-corrected chi connectivity index (χ0v) is 13.8. The predicted octanol–water partition coefficient (Wildman–Crippen LogP) is 3.67. The second-order valence-electron chi connectivity index (χ2n) is 4.64. The first kappa shape index (κ1) is 17.6. The summed E-state index contributed by atoms with van der Waals surface area (Å²) < 4.78 is 10.3. The summed E-state index contributed by atoms with van der Waals surface area (Å²) in [5, 5.41) is 5.73. The van der Waals surface area contributed by atoms with Crippen LogP contribution in [0.25, 0.3) is 0 Å². The van der Waals surface area contributed by atoms with Crippen LogP contribution in [0.4, 0.5) is 10.5 Å². The molecule has 0 fully saturated rings. The van der Waals surface area contributed by atoms with Crippen LogP contribution in [-0.2, 0) is 4.74 Å². The molecule has 2 N–H and O–H groups in total. The molecule has 7 heteroatoms. The fraction of sp³-hybridized carbons (Fsp3) is 0.176. The molecule has 0 bridgehead atoms. The summed E-state index contributed by atoms with van der Waals surface area (Å²) in [7, 11) is 0. The normalized spacial score (nSPS) is 9.92. The molecule has 0 aliphatic heterocycles. The van der Waals surface area contributed by atoms with E-state index < -0.39 is 12.0 Å². The van der Waals surface area contributed by atoms with E-state index in [2.05, 4.69) is 10.6 Å². The maximum Gasteiger partial charge on any atom is 0.340 e. The number of amides is 2. The van der Waals surface area contributed by atoms with Crippen molar-refractivity contribution in [2.45, 2.75) is 6.92 Å². The first-order valence-corrected chi connectivity index (χ1v) is 7.67. The Labute approximate surface area is 144 Å². The summed E-state index contributed by atoms with van der Waals surface area (Å²) in [6, 6.07) is 12.9. The summed E-state index contributed by atoms with van der Waals surface area (Å²) in [5.74, 6) is 0.0810. The molecule has 2 rings (SSSR count).